The van der Waals surface area contributed by atoms with E-state index in [1.165, 1.54) is 31.4 Å². The van der Waals surface area contributed by atoms with Crippen LogP contribution in [-0.2, 0) is 26.0 Å². The zero-order valence-corrected chi connectivity index (χ0v) is 16.2. The first-order chi connectivity index (χ1) is 12.8. The van der Waals surface area contributed by atoms with E-state index in [1.54, 1.807) is 12.1 Å². The van der Waals surface area contributed by atoms with E-state index in [1.807, 2.05) is 19.1 Å². The van der Waals surface area contributed by atoms with Gasteiger partial charge in [-0.3, -0.25) is 9.10 Å². The molecular weight excluding hydrogens is 368 g/mol. The molecule has 2 rings (SSSR count). The van der Waals surface area contributed by atoms with Crippen molar-refractivity contribution in [2.24, 2.45) is 0 Å². The van der Waals surface area contributed by atoms with Crippen LogP contribution in [0.25, 0.3) is 0 Å². The van der Waals surface area contributed by atoms with E-state index in [0.717, 1.165) is 22.5 Å². The van der Waals surface area contributed by atoms with Crippen LogP contribution >= 0.6 is 0 Å². The van der Waals surface area contributed by atoms with Gasteiger partial charge >= 0.3 is 5.97 Å². The number of aryl methyl sites for hydroxylation is 1. The molecule has 2 aromatic carbocycles. The van der Waals surface area contributed by atoms with Crippen LogP contribution in [0.3, 0.4) is 0 Å². The highest BCUT2D eigenvalue weighted by Crippen LogP contribution is 2.20. The molecule has 0 aliphatic carbocycles. The summed E-state index contributed by atoms with van der Waals surface area (Å²) < 4.78 is 30.0. The molecule has 0 atom stereocenters. The van der Waals surface area contributed by atoms with Crippen LogP contribution in [0, 0.1) is 0 Å². The number of amides is 1. The molecule has 0 aromatic heterocycles. The molecule has 1 N–H and O–H groups in total. The molecule has 8 heteroatoms. The van der Waals surface area contributed by atoms with Crippen molar-refractivity contribution >= 4 is 33.3 Å². The number of para-hydroxylation sites is 1. The summed E-state index contributed by atoms with van der Waals surface area (Å²) in [5.74, 6) is -0.986. The third-order valence-electron chi connectivity index (χ3n) is 3.94. The number of esters is 1. The van der Waals surface area contributed by atoms with Crippen LogP contribution in [0.2, 0.25) is 0 Å². The number of carbonyl (C=O) groups excluding carboxylic acids is 2. The highest BCUT2D eigenvalue weighted by atomic mass is 32.2. The number of sulfonamides is 1. The largest absolute Gasteiger partial charge is 0.465 e. The van der Waals surface area contributed by atoms with E-state index in [4.69, 9.17) is 0 Å². The van der Waals surface area contributed by atoms with Gasteiger partial charge in [0, 0.05) is 5.69 Å². The maximum Gasteiger partial charge on any atom is 0.337 e. The second-order valence-corrected chi connectivity index (χ2v) is 7.77. The fraction of sp³-hybridized carbons (Fsp3) is 0.263. The predicted molar refractivity (Wildman–Crippen MR) is 104 cm³/mol. The van der Waals surface area contributed by atoms with Crippen molar-refractivity contribution in [3.63, 3.8) is 0 Å². The standard InChI is InChI=1S/C19H22N2O5S/c1-4-14-7-5-6-8-17(14)20-18(22)13-21(27(3,24)25)16-11-9-15(10-12-16)19(23)26-2/h5-12H,4,13H2,1-3H3,(H,20,22). The molecule has 0 saturated carbocycles. The Labute approximate surface area is 159 Å². The highest BCUT2D eigenvalue weighted by Gasteiger charge is 2.21. The quantitative estimate of drug-likeness (QED) is 0.733. The van der Waals surface area contributed by atoms with Crippen LogP contribution in [0.1, 0.15) is 22.8 Å². The molecule has 0 saturated heterocycles. The Morgan fingerprint density at radius 2 is 1.70 bits per heavy atom. The number of rotatable bonds is 7. The van der Waals surface area contributed by atoms with Gasteiger partial charge in [-0.15, -0.1) is 0 Å². The summed E-state index contributed by atoms with van der Waals surface area (Å²) in [6.45, 7) is 1.59. The Morgan fingerprint density at radius 3 is 2.26 bits per heavy atom. The van der Waals surface area contributed by atoms with Gasteiger partial charge in [0.25, 0.3) is 0 Å². The molecule has 0 heterocycles. The Balaban J connectivity index is 2.22. The van der Waals surface area contributed by atoms with Gasteiger partial charge in [-0.1, -0.05) is 25.1 Å². The topological polar surface area (TPSA) is 92.8 Å². The molecule has 7 nitrogen and oxygen atoms in total. The normalized spacial score (nSPS) is 10.9. The number of carbonyl (C=O) groups is 2. The number of hydrogen-bond acceptors (Lipinski definition) is 5. The molecule has 0 fully saturated rings. The third kappa shape index (κ3) is 5.30. The van der Waals surface area contributed by atoms with Crippen LogP contribution in [0.4, 0.5) is 11.4 Å². The minimum atomic E-state index is -3.70. The Morgan fingerprint density at radius 1 is 1.07 bits per heavy atom. The van der Waals surface area contributed by atoms with Crippen molar-refractivity contribution in [3.05, 3.63) is 59.7 Å². The molecule has 0 spiro atoms. The average molecular weight is 390 g/mol. The van der Waals surface area contributed by atoms with Crippen LogP contribution in [0.15, 0.2) is 48.5 Å². The molecule has 144 valence electrons. The molecule has 0 radical (unpaired) electrons. The first-order valence-corrected chi connectivity index (χ1v) is 10.1. The molecular formula is C19H22N2O5S. The number of nitrogens with zero attached hydrogens (tertiary/aromatic N) is 1. The van der Waals surface area contributed by atoms with Gasteiger partial charge in [0.2, 0.25) is 15.9 Å². The van der Waals surface area contributed by atoms with E-state index >= 15 is 0 Å². The Kier molecular flexibility index (Phi) is 6.57. The van der Waals surface area contributed by atoms with Crippen molar-refractivity contribution in [1.29, 1.82) is 0 Å². The summed E-state index contributed by atoms with van der Waals surface area (Å²) in [7, 11) is -2.44. The molecule has 1 amide bonds. The minimum absolute atomic E-state index is 0.282. The monoisotopic (exact) mass is 390 g/mol. The lowest BCUT2D eigenvalue weighted by Gasteiger charge is -2.22. The third-order valence-corrected chi connectivity index (χ3v) is 5.08. The summed E-state index contributed by atoms with van der Waals surface area (Å²) in [6, 6.07) is 13.2. The van der Waals surface area contributed by atoms with E-state index in [9.17, 15) is 18.0 Å². The van der Waals surface area contributed by atoms with Crippen molar-refractivity contribution in [1.82, 2.24) is 0 Å². The second kappa shape index (κ2) is 8.68. The van der Waals surface area contributed by atoms with Gasteiger partial charge in [-0.2, -0.15) is 0 Å². The van der Waals surface area contributed by atoms with E-state index in [2.05, 4.69) is 10.1 Å². The maximum absolute atomic E-state index is 12.4. The smallest absolute Gasteiger partial charge is 0.337 e. The number of nitrogens with one attached hydrogen (secondary N) is 1. The predicted octanol–water partition coefficient (Wildman–Crippen LogP) is 2.44. The van der Waals surface area contributed by atoms with E-state index in [0.29, 0.717) is 5.69 Å². The zero-order valence-electron chi connectivity index (χ0n) is 15.4. The van der Waals surface area contributed by atoms with Gasteiger partial charge in [-0.25, -0.2) is 13.2 Å². The minimum Gasteiger partial charge on any atom is -0.465 e. The van der Waals surface area contributed by atoms with Crippen molar-refractivity contribution in [3.8, 4) is 0 Å². The fourth-order valence-electron chi connectivity index (χ4n) is 2.55. The van der Waals surface area contributed by atoms with Gasteiger partial charge in [-0.05, 0) is 42.3 Å². The van der Waals surface area contributed by atoms with Crippen LogP contribution in [-0.4, -0.2) is 40.2 Å². The first-order valence-electron chi connectivity index (χ1n) is 8.30. The molecule has 0 unspecified atom stereocenters. The molecule has 2 aromatic rings. The number of methoxy groups -OCH3 is 1. The van der Waals surface area contributed by atoms with Gasteiger partial charge < -0.3 is 10.1 Å². The lowest BCUT2D eigenvalue weighted by atomic mass is 10.1. The average Bonchev–Trinajstić information content (AvgIpc) is 2.65. The Bertz CT molecular complexity index is 923. The van der Waals surface area contributed by atoms with E-state index in [-0.39, 0.29) is 17.8 Å². The van der Waals surface area contributed by atoms with Crippen LogP contribution in [0.5, 0.6) is 0 Å². The summed E-state index contributed by atoms with van der Waals surface area (Å²) in [6.07, 6.45) is 1.76. The number of hydrogen-bond donors (Lipinski definition) is 1. The second-order valence-electron chi connectivity index (χ2n) is 5.87. The van der Waals surface area contributed by atoms with Gasteiger partial charge in [0.1, 0.15) is 6.54 Å². The lowest BCUT2D eigenvalue weighted by Crippen LogP contribution is -2.37. The molecule has 27 heavy (non-hydrogen) atoms. The van der Waals surface area contributed by atoms with Crippen molar-refractivity contribution in [2.75, 3.05) is 29.5 Å². The van der Waals surface area contributed by atoms with Gasteiger partial charge in [0.05, 0.1) is 24.6 Å². The SMILES string of the molecule is CCc1ccccc1NC(=O)CN(c1ccc(C(=O)OC)cc1)S(C)(=O)=O. The fourth-order valence-corrected chi connectivity index (χ4v) is 3.41. The molecule has 0 aliphatic rings. The number of benzene rings is 2. The molecule has 0 aliphatic heterocycles. The first kappa shape index (κ1) is 20.4. The maximum atomic E-state index is 12.4. The van der Waals surface area contributed by atoms with Gasteiger partial charge in [0.15, 0.2) is 0 Å². The summed E-state index contributed by atoms with van der Waals surface area (Å²) in [4.78, 5) is 24.0. The summed E-state index contributed by atoms with van der Waals surface area (Å²) in [5.41, 5.74) is 2.18. The molecule has 0 bridgehead atoms. The van der Waals surface area contributed by atoms with Crippen molar-refractivity contribution in [2.45, 2.75) is 13.3 Å². The van der Waals surface area contributed by atoms with E-state index < -0.39 is 21.9 Å². The number of anilines is 2. The highest BCUT2D eigenvalue weighted by molar-refractivity contribution is 7.92. The van der Waals surface area contributed by atoms with Crippen molar-refractivity contribution < 1.29 is 22.7 Å². The number of ether oxygens (including phenoxy) is 1. The summed E-state index contributed by atoms with van der Waals surface area (Å²) in [5, 5.41) is 2.75. The zero-order chi connectivity index (χ0) is 20.0. The Hall–Kier alpha value is -2.87. The summed E-state index contributed by atoms with van der Waals surface area (Å²) >= 11 is 0. The van der Waals surface area contributed by atoms with Crippen LogP contribution < -0.4 is 9.62 Å². The lowest BCUT2D eigenvalue weighted by molar-refractivity contribution is -0.114.